The van der Waals surface area contributed by atoms with Crippen molar-refractivity contribution in [3.63, 3.8) is 0 Å². The second-order valence-electron chi connectivity index (χ2n) is 3.56. The Hall–Kier alpha value is -0.610. The van der Waals surface area contributed by atoms with Gasteiger partial charge in [-0.15, -0.1) is 0 Å². The van der Waals surface area contributed by atoms with Crippen molar-refractivity contribution < 1.29 is 9.53 Å². The number of hydrogen-bond acceptors (Lipinski definition) is 3. The Balaban J connectivity index is 1.94. The Morgan fingerprint density at radius 2 is 2.00 bits per heavy atom. The first-order valence-corrected chi connectivity index (χ1v) is 4.37. The number of carbonyl (C=O) groups excluding carboxylic acids is 1. The van der Waals surface area contributed by atoms with E-state index in [4.69, 9.17) is 10.5 Å². The van der Waals surface area contributed by atoms with Gasteiger partial charge in [0.25, 0.3) is 0 Å². The average Bonchev–Trinajstić information content (AvgIpc) is 2.60. The van der Waals surface area contributed by atoms with Gasteiger partial charge >= 0.3 is 0 Å². The summed E-state index contributed by atoms with van der Waals surface area (Å²) in [5, 5.41) is 0. The van der Waals surface area contributed by atoms with Gasteiger partial charge in [0.2, 0.25) is 5.91 Å². The molecule has 0 aromatic carbocycles. The largest absolute Gasteiger partial charge is 0.381 e. The number of fused-ring (bicyclic) bond motifs is 1. The summed E-state index contributed by atoms with van der Waals surface area (Å²) in [6.07, 6.45) is 0. The Bertz CT molecular complexity index is 183. The van der Waals surface area contributed by atoms with E-state index in [1.165, 1.54) is 0 Å². The molecule has 4 nitrogen and oxygen atoms in total. The molecule has 0 bridgehead atoms. The van der Waals surface area contributed by atoms with Crippen LogP contribution >= 0.6 is 0 Å². The predicted molar refractivity (Wildman–Crippen MR) is 43.4 cm³/mol. The monoisotopic (exact) mass is 170 g/mol. The van der Waals surface area contributed by atoms with Crippen molar-refractivity contribution in [2.75, 3.05) is 32.8 Å². The summed E-state index contributed by atoms with van der Waals surface area (Å²) in [6, 6.07) is 0. The van der Waals surface area contributed by atoms with Gasteiger partial charge in [0.15, 0.2) is 0 Å². The van der Waals surface area contributed by atoms with Crippen LogP contribution in [0.1, 0.15) is 0 Å². The zero-order chi connectivity index (χ0) is 8.55. The highest BCUT2D eigenvalue weighted by atomic mass is 16.5. The van der Waals surface area contributed by atoms with E-state index in [2.05, 4.69) is 0 Å². The maximum absolute atomic E-state index is 11.2. The van der Waals surface area contributed by atoms with Gasteiger partial charge in [0.05, 0.1) is 19.8 Å². The fourth-order valence-corrected chi connectivity index (χ4v) is 2.02. The molecule has 2 fully saturated rings. The fourth-order valence-electron chi connectivity index (χ4n) is 2.02. The molecule has 68 valence electrons. The summed E-state index contributed by atoms with van der Waals surface area (Å²) in [5.74, 6) is 1.21. The number of amides is 1. The number of nitrogens with zero attached hydrogens (tertiary/aromatic N) is 1. The van der Waals surface area contributed by atoms with Crippen LogP contribution in [0.2, 0.25) is 0 Å². The molecule has 1 amide bonds. The normalized spacial score (nSPS) is 33.9. The maximum Gasteiger partial charge on any atom is 0.236 e. The van der Waals surface area contributed by atoms with Crippen molar-refractivity contribution in [3.8, 4) is 0 Å². The standard InChI is InChI=1S/C8H14N2O2/c9-1-8(11)10-2-6-4-12-5-7(6)3-10/h6-7H,1-5,9H2/t6-,7-/m0/s1. The van der Waals surface area contributed by atoms with Crippen LogP contribution in [0.4, 0.5) is 0 Å². The molecule has 2 heterocycles. The van der Waals surface area contributed by atoms with Crippen molar-refractivity contribution in [1.29, 1.82) is 0 Å². The minimum Gasteiger partial charge on any atom is -0.381 e. The number of carbonyl (C=O) groups is 1. The number of likely N-dealkylation sites (tertiary alicyclic amines) is 1. The predicted octanol–water partition coefficient (Wildman–Crippen LogP) is -0.950. The molecule has 2 aliphatic heterocycles. The summed E-state index contributed by atoms with van der Waals surface area (Å²) in [6.45, 7) is 3.47. The molecule has 0 unspecified atom stereocenters. The lowest BCUT2D eigenvalue weighted by Gasteiger charge is -2.15. The summed E-state index contributed by atoms with van der Waals surface area (Å²) in [7, 11) is 0. The van der Waals surface area contributed by atoms with Gasteiger partial charge in [-0.25, -0.2) is 0 Å². The summed E-state index contributed by atoms with van der Waals surface area (Å²) < 4.78 is 5.30. The number of rotatable bonds is 1. The number of hydrogen-bond donors (Lipinski definition) is 1. The van der Waals surface area contributed by atoms with E-state index in [1.54, 1.807) is 0 Å². The lowest BCUT2D eigenvalue weighted by Crippen LogP contribution is -2.35. The first-order chi connectivity index (χ1) is 5.81. The lowest BCUT2D eigenvalue weighted by molar-refractivity contribution is -0.129. The van der Waals surface area contributed by atoms with Gasteiger partial charge in [-0.2, -0.15) is 0 Å². The van der Waals surface area contributed by atoms with E-state index in [-0.39, 0.29) is 12.5 Å². The third-order valence-corrected chi connectivity index (χ3v) is 2.77. The van der Waals surface area contributed by atoms with Crippen LogP contribution in [-0.2, 0) is 9.53 Å². The molecule has 2 saturated heterocycles. The second kappa shape index (κ2) is 3.03. The molecule has 2 N–H and O–H groups in total. The average molecular weight is 170 g/mol. The van der Waals surface area contributed by atoms with Gasteiger partial charge < -0.3 is 15.4 Å². The molecular formula is C8H14N2O2. The Morgan fingerprint density at radius 1 is 1.42 bits per heavy atom. The molecule has 0 aliphatic carbocycles. The molecule has 0 saturated carbocycles. The molecule has 2 rings (SSSR count). The van der Waals surface area contributed by atoms with E-state index >= 15 is 0 Å². The Kier molecular flexibility index (Phi) is 2.02. The number of nitrogens with two attached hydrogens (primary N) is 1. The third kappa shape index (κ3) is 1.21. The van der Waals surface area contributed by atoms with Gasteiger partial charge in [-0.05, 0) is 0 Å². The highest BCUT2D eigenvalue weighted by molar-refractivity contribution is 5.78. The molecule has 0 aromatic rings. The number of ether oxygens (including phenoxy) is 1. The van der Waals surface area contributed by atoms with Crippen LogP contribution in [0.3, 0.4) is 0 Å². The molecule has 12 heavy (non-hydrogen) atoms. The van der Waals surface area contributed by atoms with Crippen LogP contribution in [0.5, 0.6) is 0 Å². The van der Waals surface area contributed by atoms with Gasteiger partial charge in [-0.3, -0.25) is 4.79 Å². The van der Waals surface area contributed by atoms with Gasteiger partial charge in [0, 0.05) is 24.9 Å². The van der Waals surface area contributed by atoms with Crippen LogP contribution in [0, 0.1) is 11.8 Å². The fraction of sp³-hybridized carbons (Fsp3) is 0.875. The lowest BCUT2D eigenvalue weighted by atomic mass is 10.0. The topological polar surface area (TPSA) is 55.6 Å². The van der Waals surface area contributed by atoms with Gasteiger partial charge in [-0.1, -0.05) is 0 Å². The van der Waals surface area contributed by atoms with E-state index in [0.29, 0.717) is 11.8 Å². The van der Waals surface area contributed by atoms with Crippen molar-refractivity contribution in [2.45, 2.75) is 0 Å². The summed E-state index contributed by atoms with van der Waals surface area (Å²) in [5.41, 5.74) is 5.28. The van der Waals surface area contributed by atoms with Gasteiger partial charge in [0.1, 0.15) is 0 Å². The van der Waals surface area contributed by atoms with Crippen molar-refractivity contribution in [1.82, 2.24) is 4.90 Å². The highest BCUT2D eigenvalue weighted by Crippen LogP contribution is 2.28. The van der Waals surface area contributed by atoms with Crippen LogP contribution in [-0.4, -0.2) is 43.7 Å². The second-order valence-corrected chi connectivity index (χ2v) is 3.56. The molecular weight excluding hydrogens is 156 g/mol. The quantitative estimate of drug-likeness (QED) is 0.552. The molecule has 2 atom stereocenters. The van der Waals surface area contributed by atoms with E-state index < -0.39 is 0 Å². The molecule has 2 aliphatic rings. The maximum atomic E-state index is 11.2. The highest BCUT2D eigenvalue weighted by Gasteiger charge is 2.38. The summed E-state index contributed by atoms with van der Waals surface area (Å²) in [4.78, 5) is 13.1. The minimum absolute atomic E-state index is 0.0735. The van der Waals surface area contributed by atoms with E-state index in [9.17, 15) is 4.79 Å². The van der Waals surface area contributed by atoms with Crippen LogP contribution in [0.15, 0.2) is 0 Å². The molecule has 0 spiro atoms. The molecule has 0 radical (unpaired) electrons. The van der Waals surface area contributed by atoms with Crippen LogP contribution in [0.25, 0.3) is 0 Å². The van der Waals surface area contributed by atoms with Crippen molar-refractivity contribution in [3.05, 3.63) is 0 Å². The molecule has 0 aromatic heterocycles. The van der Waals surface area contributed by atoms with Crippen LogP contribution < -0.4 is 5.73 Å². The van der Waals surface area contributed by atoms with E-state index in [1.807, 2.05) is 4.90 Å². The Labute approximate surface area is 71.7 Å². The SMILES string of the molecule is NCC(=O)N1C[C@H]2COC[C@@H]2C1. The first kappa shape index (κ1) is 8.01. The molecule has 4 heteroatoms. The van der Waals surface area contributed by atoms with Crippen molar-refractivity contribution in [2.24, 2.45) is 17.6 Å². The third-order valence-electron chi connectivity index (χ3n) is 2.77. The van der Waals surface area contributed by atoms with Crippen molar-refractivity contribution >= 4 is 5.91 Å². The van der Waals surface area contributed by atoms with E-state index in [0.717, 1.165) is 26.3 Å². The minimum atomic E-state index is 0.0735. The Morgan fingerprint density at radius 3 is 2.50 bits per heavy atom. The zero-order valence-electron chi connectivity index (χ0n) is 7.03. The zero-order valence-corrected chi connectivity index (χ0v) is 7.03. The first-order valence-electron chi connectivity index (χ1n) is 4.37. The summed E-state index contributed by atoms with van der Waals surface area (Å²) >= 11 is 0. The smallest absolute Gasteiger partial charge is 0.236 e.